The third-order valence-corrected chi connectivity index (χ3v) is 6.11. The van der Waals surface area contributed by atoms with Gasteiger partial charge in [-0.05, 0) is 55.2 Å². The zero-order chi connectivity index (χ0) is 23.7. The Labute approximate surface area is 198 Å². The Morgan fingerprint density at radius 1 is 0.912 bits per heavy atom. The van der Waals surface area contributed by atoms with Crippen molar-refractivity contribution in [1.29, 1.82) is 0 Å². The van der Waals surface area contributed by atoms with Gasteiger partial charge in [-0.2, -0.15) is 0 Å². The molecule has 0 amide bonds. The Balaban J connectivity index is 1.55. The maximum Gasteiger partial charge on any atom is 0.200 e. The lowest BCUT2D eigenvalue weighted by Gasteiger charge is -2.19. The van der Waals surface area contributed by atoms with E-state index in [1.54, 1.807) is 0 Å². The molecule has 2 heterocycles. The minimum absolute atomic E-state index is 0.0575. The van der Waals surface area contributed by atoms with E-state index in [2.05, 4.69) is 38.1 Å². The lowest BCUT2D eigenvalue weighted by Crippen LogP contribution is -2.15. The fourth-order valence-electron chi connectivity index (χ4n) is 4.36. The lowest BCUT2D eigenvalue weighted by molar-refractivity contribution is 0.171. The average molecular weight is 457 g/mol. The van der Waals surface area contributed by atoms with E-state index in [1.165, 1.54) is 5.56 Å². The van der Waals surface area contributed by atoms with Crippen molar-refractivity contribution in [2.24, 2.45) is 0 Å². The minimum Gasteiger partial charge on any atom is -0.488 e. The van der Waals surface area contributed by atoms with E-state index < -0.39 is 0 Å². The van der Waals surface area contributed by atoms with E-state index in [0.717, 1.165) is 35.3 Å². The van der Waals surface area contributed by atoms with Gasteiger partial charge in [0, 0.05) is 6.07 Å². The zero-order valence-electron chi connectivity index (χ0n) is 19.8. The molecule has 5 rings (SSSR count). The molecule has 0 unspecified atom stereocenters. The first-order valence-electron chi connectivity index (χ1n) is 11.7. The third-order valence-electron chi connectivity index (χ3n) is 6.11. The predicted octanol–water partition coefficient (Wildman–Crippen LogP) is 6.38. The van der Waals surface area contributed by atoms with Crippen molar-refractivity contribution < 1.29 is 18.6 Å². The van der Waals surface area contributed by atoms with Gasteiger partial charge in [0.05, 0.1) is 10.9 Å². The summed E-state index contributed by atoms with van der Waals surface area (Å²) in [4.78, 5) is 13.6. The summed E-state index contributed by atoms with van der Waals surface area (Å²) in [5.74, 6) is 2.65. The molecular formula is C29H28O5. The summed E-state index contributed by atoms with van der Waals surface area (Å²) >= 11 is 0. The van der Waals surface area contributed by atoms with Crippen LogP contribution in [0.5, 0.6) is 17.2 Å². The van der Waals surface area contributed by atoms with Crippen molar-refractivity contribution in [2.45, 2.75) is 40.2 Å². The van der Waals surface area contributed by atoms with E-state index in [9.17, 15) is 4.79 Å². The van der Waals surface area contributed by atoms with Gasteiger partial charge in [-0.15, -0.1) is 0 Å². The second kappa shape index (κ2) is 9.26. The van der Waals surface area contributed by atoms with Gasteiger partial charge in [0.2, 0.25) is 5.43 Å². The summed E-state index contributed by atoms with van der Waals surface area (Å²) in [5.41, 5.74) is 5.09. The van der Waals surface area contributed by atoms with E-state index in [1.807, 2.05) is 37.3 Å². The molecule has 174 valence electrons. The van der Waals surface area contributed by atoms with Crippen LogP contribution in [-0.4, -0.2) is 13.2 Å². The quantitative estimate of drug-likeness (QED) is 0.337. The number of benzene rings is 3. The van der Waals surface area contributed by atoms with Crippen LogP contribution in [0.15, 0.2) is 63.8 Å². The molecule has 4 aromatic rings. The van der Waals surface area contributed by atoms with Crippen molar-refractivity contribution in [3.63, 3.8) is 0 Å². The van der Waals surface area contributed by atoms with Crippen LogP contribution in [0.1, 0.15) is 35.8 Å². The molecule has 3 aromatic carbocycles. The maximum atomic E-state index is 13.6. The number of rotatable bonds is 6. The lowest BCUT2D eigenvalue weighted by atomic mass is 9.99. The predicted molar refractivity (Wildman–Crippen MR) is 133 cm³/mol. The first-order valence-corrected chi connectivity index (χ1v) is 11.7. The van der Waals surface area contributed by atoms with Crippen LogP contribution in [0, 0.1) is 13.8 Å². The summed E-state index contributed by atoms with van der Waals surface area (Å²) in [6, 6.07) is 17.7. The smallest absolute Gasteiger partial charge is 0.200 e. The molecule has 0 aliphatic carbocycles. The highest BCUT2D eigenvalue weighted by Crippen LogP contribution is 2.36. The monoisotopic (exact) mass is 456 g/mol. The number of aryl methyl sites for hydroxylation is 3. The van der Waals surface area contributed by atoms with E-state index in [-0.39, 0.29) is 5.43 Å². The summed E-state index contributed by atoms with van der Waals surface area (Å²) in [6.07, 6.45) is 1.75. The van der Waals surface area contributed by atoms with Gasteiger partial charge in [-0.25, -0.2) is 0 Å². The molecular weight excluding hydrogens is 428 g/mol. The highest BCUT2D eigenvalue weighted by atomic mass is 16.6. The molecule has 0 spiro atoms. The van der Waals surface area contributed by atoms with Crippen LogP contribution in [0.4, 0.5) is 0 Å². The first kappa shape index (κ1) is 22.1. The number of hydrogen-bond acceptors (Lipinski definition) is 5. The molecule has 1 aliphatic heterocycles. The molecule has 34 heavy (non-hydrogen) atoms. The molecule has 0 fully saturated rings. The fraction of sp³-hybridized carbons (Fsp3) is 0.276. The highest BCUT2D eigenvalue weighted by molar-refractivity contribution is 5.85. The van der Waals surface area contributed by atoms with Crippen LogP contribution in [0.25, 0.3) is 22.1 Å². The first-order chi connectivity index (χ1) is 16.5. The SMILES string of the molecule is CCCc1cc2c(=O)c(-c3ccc4c(c3)OCCO4)c(C)oc2cc1OCc1ccc(C)cc1. The topological polar surface area (TPSA) is 57.9 Å². The fourth-order valence-corrected chi connectivity index (χ4v) is 4.36. The molecule has 0 N–H and O–H groups in total. The van der Waals surface area contributed by atoms with Crippen LogP contribution in [-0.2, 0) is 13.0 Å². The molecule has 0 radical (unpaired) electrons. The van der Waals surface area contributed by atoms with Gasteiger partial charge < -0.3 is 18.6 Å². The maximum absolute atomic E-state index is 13.6. The van der Waals surface area contributed by atoms with Crippen LogP contribution in [0.3, 0.4) is 0 Å². The molecule has 5 heteroatoms. The minimum atomic E-state index is -0.0575. The van der Waals surface area contributed by atoms with Gasteiger partial charge in [-0.3, -0.25) is 4.79 Å². The Bertz CT molecular complexity index is 1400. The molecule has 0 saturated heterocycles. The summed E-state index contributed by atoms with van der Waals surface area (Å²) in [7, 11) is 0. The van der Waals surface area contributed by atoms with E-state index in [0.29, 0.717) is 53.6 Å². The van der Waals surface area contributed by atoms with Gasteiger partial charge in [0.15, 0.2) is 11.5 Å². The summed E-state index contributed by atoms with van der Waals surface area (Å²) < 4.78 is 23.7. The average Bonchev–Trinajstić information content (AvgIpc) is 2.84. The van der Waals surface area contributed by atoms with Gasteiger partial charge in [0.1, 0.15) is 36.9 Å². The van der Waals surface area contributed by atoms with E-state index >= 15 is 0 Å². The second-order valence-electron chi connectivity index (χ2n) is 8.70. The zero-order valence-corrected chi connectivity index (χ0v) is 19.8. The van der Waals surface area contributed by atoms with Crippen molar-refractivity contribution in [1.82, 2.24) is 0 Å². The number of hydrogen-bond donors (Lipinski definition) is 0. The van der Waals surface area contributed by atoms with Gasteiger partial charge in [0.25, 0.3) is 0 Å². The summed E-state index contributed by atoms with van der Waals surface area (Å²) in [6.45, 7) is 7.48. The highest BCUT2D eigenvalue weighted by Gasteiger charge is 2.19. The Kier molecular flexibility index (Phi) is 6.01. The molecule has 0 atom stereocenters. The van der Waals surface area contributed by atoms with Crippen molar-refractivity contribution >= 4 is 11.0 Å². The number of ether oxygens (including phenoxy) is 3. The molecule has 0 saturated carbocycles. The largest absolute Gasteiger partial charge is 0.488 e. The molecule has 1 aliphatic rings. The molecule has 0 bridgehead atoms. The Morgan fingerprint density at radius 3 is 2.44 bits per heavy atom. The normalized spacial score (nSPS) is 12.7. The molecule has 5 nitrogen and oxygen atoms in total. The standard InChI is InChI=1S/C29H28O5/c1-4-5-21-14-23-26(16-25(21)33-17-20-8-6-18(2)7-9-20)34-19(3)28(29(23)30)22-10-11-24-27(15-22)32-13-12-31-24/h6-11,14-16H,4-5,12-13,17H2,1-3H3. The van der Waals surface area contributed by atoms with Crippen LogP contribution in [0.2, 0.25) is 0 Å². The second-order valence-corrected chi connectivity index (χ2v) is 8.70. The molecule has 1 aromatic heterocycles. The van der Waals surface area contributed by atoms with Crippen LogP contribution >= 0.6 is 0 Å². The summed E-state index contributed by atoms with van der Waals surface area (Å²) in [5, 5.41) is 0.557. The number of fused-ring (bicyclic) bond motifs is 2. The van der Waals surface area contributed by atoms with Gasteiger partial charge in [-0.1, -0.05) is 49.2 Å². The van der Waals surface area contributed by atoms with Crippen molar-refractivity contribution in [3.8, 4) is 28.4 Å². The third kappa shape index (κ3) is 4.26. The van der Waals surface area contributed by atoms with Crippen molar-refractivity contribution in [2.75, 3.05) is 13.2 Å². The Hall–Kier alpha value is -3.73. The van der Waals surface area contributed by atoms with Gasteiger partial charge >= 0.3 is 0 Å². The van der Waals surface area contributed by atoms with E-state index in [4.69, 9.17) is 18.6 Å². The van der Waals surface area contributed by atoms with Crippen LogP contribution < -0.4 is 19.6 Å². The van der Waals surface area contributed by atoms with Crippen molar-refractivity contribution in [3.05, 3.63) is 87.3 Å². The Morgan fingerprint density at radius 2 is 1.68 bits per heavy atom.